The largest absolute Gasteiger partial charge is 0.399 e. The molecule has 0 heterocycles. The predicted molar refractivity (Wildman–Crippen MR) is 85.9 cm³/mol. The van der Waals surface area contributed by atoms with E-state index in [1.54, 1.807) is 0 Å². The van der Waals surface area contributed by atoms with E-state index in [0.717, 1.165) is 5.69 Å². The molecular weight excluding hydrogens is 242 g/mol. The average Bonchev–Trinajstić information content (AvgIpc) is 2.67. The highest BCUT2D eigenvalue weighted by Gasteiger charge is 2.36. The average molecular weight is 259 g/mol. The smallest absolute Gasteiger partial charge is 0.0317 e. The molecule has 0 aliphatic heterocycles. The molecular formula is C19H17N. The van der Waals surface area contributed by atoms with E-state index in [9.17, 15) is 0 Å². The van der Waals surface area contributed by atoms with Gasteiger partial charge in [0.05, 0.1) is 0 Å². The molecule has 1 nitrogen and oxygen atoms in total. The summed E-state index contributed by atoms with van der Waals surface area (Å²) in [5.41, 5.74) is 12.3. The molecule has 2 N–H and O–H groups in total. The van der Waals surface area contributed by atoms with E-state index in [1.807, 2.05) is 6.07 Å². The number of rotatable bonds is 0. The molecule has 4 rings (SSSR count). The van der Waals surface area contributed by atoms with Crippen LogP contribution in [-0.2, 0) is 5.41 Å². The molecule has 3 aromatic rings. The maximum absolute atomic E-state index is 6.00. The van der Waals surface area contributed by atoms with Gasteiger partial charge < -0.3 is 5.73 Å². The van der Waals surface area contributed by atoms with Gasteiger partial charge in [-0.3, -0.25) is 0 Å². The van der Waals surface area contributed by atoms with E-state index in [2.05, 4.69) is 62.4 Å². The van der Waals surface area contributed by atoms with Gasteiger partial charge in [-0.25, -0.2) is 0 Å². The van der Waals surface area contributed by atoms with E-state index in [4.69, 9.17) is 5.73 Å². The molecule has 0 aromatic heterocycles. The summed E-state index contributed by atoms with van der Waals surface area (Å²) < 4.78 is 0. The number of nitrogen functional groups attached to an aromatic ring is 1. The van der Waals surface area contributed by atoms with Crippen molar-refractivity contribution in [2.75, 3.05) is 5.73 Å². The summed E-state index contributed by atoms with van der Waals surface area (Å²) in [7, 11) is 0. The minimum absolute atomic E-state index is 0.000903. The van der Waals surface area contributed by atoms with Crippen molar-refractivity contribution < 1.29 is 0 Å². The molecule has 0 saturated heterocycles. The molecule has 1 heteroatoms. The molecule has 0 bridgehead atoms. The molecule has 0 amide bonds. The third-order valence-electron chi connectivity index (χ3n) is 4.56. The number of anilines is 1. The summed E-state index contributed by atoms with van der Waals surface area (Å²) in [4.78, 5) is 0. The molecule has 0 spiro atoms. The van der Waals surface area contributed by atoms with Crippen LogP contribution in [0.2, 0.25) is 0 Å². The highest BCUT2D eigenvalue weighted by atomic mass is 14.6. The Kier molecular flexibility index (Phi) is 2.10. The summed E-state index contributed by atoms with van der Waals surface area (Å²) >= 11 is 0. The van der Waals surface area contributed by atoms with Gasteiger partial charge in [-0.15, -0.1) is 0 Å². The molecule has 0 fully saturated rings. The zero-order chi connectivity index (χ0) is 13.9. The van der Waals surface area contributed by atoms with Crippen LogP contribution in [0.5, 0.6) is 0 Å². The number of benzene rings is 3. The van der Waals surface area contributed by atoms with Gasteiger partial charge in [0.1, 0.15) is 0 Å². The van der Waals surface area contributed by atoms with Crippen molar-refractivity contribution in [3.8, 4) is 11.1 Å². The predicted octanol–water partition coefficient (Wildman–Crippen LogP) is 4.73. The van der Waals surface area contributed by atoms with Crippen LogP contribution in [0.3, 0.4) is 0 Å². The van der Waals surface area contributed by atoms with Crippen LogP contribution in [0.4, 0.5) is 5.69 Å². The van der Waals surface area contributed by atoms with Gasteiger partial charge in [-0.05, 0) is 45.2 Å². The lowest BCUT2D eigenvalue weighted by Gasteiger charge is -2.23. The summed E-state index contributed by atoms with van der Waals surface area (Å²) in [6.07, 6.45) is 0. The number of hydrogen-bond acceptors (Lipinski definition) is 1. The molecule has 0 saturated carbocycles. The molecule has 1 aliphatic carbocycles. The first-order valence-electron chi connectivity index (χ1n) is 7.01. The van der Waals surface area contributed by atoms with Crippen molar-refractivity contribution in [2.45, 2.75) is 19.3 Å². The number of fused-ring (bicyclic) bond motifs is 5. The zero-order valence-corrected chi connectivity index (χ0v) is 11.8. The minimum Gasteiger partial charge on any atom is -0.399 e. The summed E-state index contributed by atoms with van der Waals surface area (Å²) in [5, 5.41) is 2.66. The van der Waals surface area contributed by atoms with Crippen molar-refractivity contribution in [1.29, 1.82) is 0 Å². The molecule has 98 valence electrons. The van der Waals surface area contributed by atoms with Gasteiger partial charge >= 0.3 is 0 Å². The maximum atomic E-state index is 6.00. The summed E-state index contributed by atoms with van der Waals surface area (Å²) in [5.74, 6) is 0. The Hall–Kier alpha value is -2.28. The first kappa shape index (κ1) is 11.5. The monoisotopic (exact) mass is 259 g/mol. The van der Waals surface area contributed by atoms with E-state index in [-0.39, 0.29) is 5.41 Å². The molecule has 0 atom stereocenters. The van der Waals surface area contributed by atoms with Crippen LogP contribution >= 0.6 is 0 Å². The standard InChI is InChI=1S/C19H17N/c1-19(2)17-11-13(20)8-10-15(17)16-9-7-12-5-3-4-6-14(12)18(16)19/h3-11H,20H2,1-2H3. The lowest BCUT2D eigenvalue weighted by molar-refractivity contribution is 0.666. The molecule has 0 unspecified atom stereocenters. The summed E-state index contributed by atoms with van der Waals surface area (Å²) in [6.45, 7) is 4.59. The van der Waals surface area contributed by atoms with Crippen LogP contribution in [0.15, 0.2) is 54.6 Å². The molecule has 1 aliphatic rings. The topological polar surface area (TPSA) is 26.0 Å². The highest BCUT2D eigenvalue weighted by molar-refractivity contribution is 5.97. The van der Waals surface area contributed by atoms with E-state index in [1.165, 1.54) is 33.0 Å². The van der Waals surface area contributed by atoms with Gasteiger partial charge in [0.25, 0.3) is 0 Å². The van der Waals surface area contributed by atoms with Crippen LogP contribution in [0, 0.1) is 0 Å². The molecule has 20 heavy (non-hydrogen) atoms. The fraction of sp³-hybridized carbons (Fsp3) is 0.158. The van der Waals surface area contributed by atoms with E-state index >= 15 is 0 Å². The molecule has 3 aromatic carbocycles. The number of hydrogen-bond donors (Lipinski definition) is 1. The van der Waals surface area contributed by atoms with Crippen molar-refractivity contribution in [1.82, 2.24) is 0 Å². The van der Waals surface area contributed by atoms with Gasteiger partial charge in [0.2, 0.25) is 0 Å². The van der Waals surface area contributed by atoms with Gasteiger partial charge in [0, 0.05) is 11.1 Å². The Morgan fingerprint density at radius 2 is 1.60 bits per heavy atom. The Labute approximate surface area is 119 Å². The Balaban J connectivity index is 2.17. The Morgan fingerprint density at radius 1 is 0.850 bits per heavy atom. The third-order valence-corrected chi connectivity index (χ3v) is 4.56. The fourth-order valence-corrected chi connectivity index (χ4v) is 3.62. The quantitative estimate of drug-likeness (QED) is 0.580. The SMILES string of the molecule is CC1(C)c2cc(N)ccc2-c2ccc3ccccc3c21. The zero-order valence-electron chi connectivity index (χ0n) is 11.8. The fourth-order valence-electron chi connectivity index (χ4n) is 3.62. The normalized spacial score (nSPS) is 15.1. The van der Waals surface area contributed by atoms with Gasteiger partial charge in [-0.2, -0.15) is 0 Å². The second-order valence-electron chi connectivity index (χ2n) is 6.14. The van der Waals surface area contributed by atoms with Crippen LogP contribution in [-0.4, -0.2) is 0 Å². The van der Waals surface area contributed by atoms with E-state index in [0.29, 0.717) is 0 Å². The van der Waals surface area contributed by atoms with Gasteiger partial charge in [-0.1, -0.05) is 56.3 Å². The highest BCUT2D eigenvalue weighted by Crippen LogP contribution is 2.51. The Morgan fingerprint density at radius 3 is 2.45 bits per heavy atom. The van der Waals surface area contributed by atoms with Crippen LogP contribution in [0.1, 0.15) is 25.0 Å². The van der Waals surface area contributed by atoms with Crippen LogP contribution in [0.25, 0.3) is 21.9 Å². The van der Waals surface area contributed by atoms with Crippen molar-refractivity contribution in [3.05, 3.63) is 65.7 Å². The van der Waals surface area contributed by atoms with Crippen molar-refractivity contribution in [3.63, 3.8) is 0 Å². The number of nitrogens with two attached hydrogens (primary N) is 1. The van der Waals surface area contributed by atoms with Crippen molar-refractivity contribution >= 4 is 16.5 Å². The summed E-state index contributed by atoms with van der Waals surface area (Å²) in [6, 6.07) is 19.4. The second kappa shape index (κ2) is 3.63. The third kappa shape index (κ3) is 1.32. The van der Waals surface area contributed by atoms with Gasteiger partial charge in [0.15, 0.2) is 0 Å². The van der Waals surface area contributed by atoms with Crippen molar-refractivity contribution in [2.24, 2.45) is 0 Å². The van der Waals surface area contributed by atoms with E-state index < -0.39 is 0 Å². The molecule has 0 radical (unpaired) electrons. The first-order chi connectivity index (χ1) is 9.59. The first-order valence-corrected chi connectivity index (χ1v) is 7.01. The maximum Gasteiger partial charge on any atom is 0.0317 e. The Bertz CT molecular complexity index is 844. The minimum atomic E-state index is 0.000903. The lowest BCUT2D eigenvalue weighted by atomic mass is 9.80. The second-order valence-corrected chi connectivity index (χ2v) is 6.14. The van der Waals surface area contributed by atoms with Crippen LogP contribution < -0.4 is 5.73 Å². The lowest BCUT2D eigenvalue weighted by Crippen LogP contribution is -2.15.